The number of carbonyl (C=O) groups is 1. The van der Waals surface area contributed by atoms with Crippen LogP contribution < -0.4 is 15.5 Å². The van der Waals surface area contributed by atoms with Crippen molar-refractivity contribution in [2.75, 3.05) is 23.3 Å². The summed E-state index contributed by atoms with van der Waals surface area (Å²) < 4.78 is 40.9. The van der Waals surface area contributed by atoms with Gasteiger partial charge in [0, 0.05) is 24.0 Å². The molecule has 0 bridgehead atoms. The molecule has 0 aliphatic carbocycles. The van der Waals surface area contributed by atoms with Crippen LogP contribution >= 0.6 is 0 Å². The predicted molar refractivity (Wildman–Crippen MR) is 117 cm³/mol. The van der Waals surface area contributed by atoms with Crippen molar-refractivity contribution in [3.63, 3.8) is 0 Å². The van der Waals surface area contributed by atoms with E-state index >= 15 is 0 Å². The zero-order valence-corrected chi connectivity index (χ0v) is 18.0. The fourth-order valence-electron chi connectivity index (χ4n) is 4.04. The highest BCUT2D eigenvalue weighted by molar-refractivity contribution is 5.90. The predicted octanol–water partition coefficient (Wildman–Crippen LogP) is 4.43. The lowest BCUT2D eigenvalue weighted by atomic mass is 10.0. The molecular formula is C22H23F3N6O2. The molecule has 0 saturated carbocycles. The minimum Gasteiger partial charge on any atom is -0.465 e. The number of nitrogens with zero attached hydrogens (tertiary/aromatic N) is 4. The Morgan fingerprint density at radius 1 is 1.27 bits per heavy atom. The Labute approximate surface area is 187 Å². The monoisotopic (exact) mass is 460 g/mol. The van der Waals surface area contributed by atoms with Gasteiger partial charge in [0.15, 0.2) is 0 Å². The van der Waals surface area contributed by atoms with E-state index in [9.17, 15) is 18.0 Å². The van der Waals surface area contributed by atoms with Gasteiger partial charge in [-0.2, -0.15) is 0 Å². The Balaban J connectivity index is 1.64. The molecule has 0 radical (unpaired) electrons. The molecule has 8 nitrogen and oxygen atoms in total. The van der Waals surface area contributed by atoms with E-state index in [0.29, 0.717) is 47.9 Å². The minimum absolute atomic E-state index is 0.105. The molecule has 4 rings (SSSR count). The molecule has 2 aromatic heterocycles. The molecule has 33 heavy (non-hydrogen) atoms. The highest BCUT2D eigenvalue weighted by atomic mass is 19.3. The van der Waals surface area contributed by atoms with Crippen LogP contribution in [0.2, 0.25) is 0 Å². The molecule has 3 aromatic rings. The Morgan fingerprint density at radius 3 is 2.76 bits per heavy atom. The molecule has 1 amide bonds. The standard InChI is InChI=1S/C22H23F3N6O2/c1-11(14-4-3-5-15(19(14)23)20(24)25)27-21-16-8-18(26-9-17(16)28-12(2)29-21)31-7-6-13(10-31)30-22(32)33/h3-5,8-9,11,13,20,30H,6-7,10H2,1-2H3,(H,32,33)(H,27,28,29)/t11?,13-/m1/s1. The van der Waals surface area contributed by atoms with Crippen molar-refractivity contribution in [1.29, 1.82) is 0 Å². The summed E-state index contributed by atoms with van der Waals surface area (Å²) in [7, 11) is 0. The third kappa shape index (κ3) is 4.76. The third-order valence-corrected chi connectivity index (χ3v) is 5.63. The van der Waals surface area contributed by atoms with Crippen molar-refractivity contribution in [3.05, 3.63) is 53.2 Å². The lowest BCUT2D eigenvalue weighted by Crippen LogP contribution is -2.36. The van der Waals surface area contributed by atoms with Gasteiger partial charge in [-0.15, -0.1) is 0 Å². The number of aromatic nitrogens is 3. The largest absolute Gasteiger partial charge is 0.465 e. The first-order valence-electron chi connectivity index (χ1n) is 10.4. The third-order valence-electron chi connectivity index (χ3n) is 5.63. The summed E-state index contributed by atoms with van der Waals surface area (Å²) >= 11 is 0. The lowest BCUT2D eigenvalue weighted by Gasteiger charge is -2.20. The summed E-state index contributed by atoms with van der Waals surface area (Å²) in [6, 6.07) is 4.88. The maximum atomic E-state index is 14.6. The van der Waals surface area contributed by atoms with Crippen molar-refractivity contribution < 1.29 is 23.1 Å². The number of carboxylic acid groups (broad SMARTS) is 1. The number of amides is 1. The van der Waals surface area contributed by atoms with Gasteiger partial charge in [0.1, 0.15) is 23.3 Å². The Bertz CT molecular complexity index is 1190. The summed E-state index contributed by atoms with van der Waals surface area (Å²) in [6.45, 7) is 4.48. The van der Waals surface area contributed by atoms with E-state index in [4.69, 9.17) is 5.11 Å². The lowest BCUT2D eigenvalue weighted by molar-refractivity contribution is 0.146. The zero-order valence-electron chi connectivity index (χ0n) is 18.0. The number of rotatable bonds is 6. The number of hydrogen-bond donors (Lipinski definition) is 3. The van der Waals surface area contributed by atoms with Crippen molar-refractivity contribution in [1.82, 2.24) is 20.3 Å². The number of hydrogen-bond acceptors (Lipinski definition) is 6. The molecular weight excluding hydrogens is 437 g/mol. The van der Waals surface area contributed by atoms with Gasteiger partial charge >= 0.3 is 6.09 Å². The van der Waals surface area contributed by atoms with E-state index in [2.05, 4.69) is 25.6 Å². The average molecular weight is 460 g/mol. The van der Waals surface area contributed by atoms with Crippen LogP contribution in [0.3, 0.4) is 0 Å². The van der Waals surface area contributed by atoms with Crippen LogP contribution in [-0.4, -0.2) is 45.3 Å². The SMILES string of the molecule is Cc1nc(NC(C)c2cccc(C(F)F)c2F)c2cc(N3CC[C@@H](NC(=O)O)C3)ncc2n1. The van der Waals surface area contributed by atoms with Crippen molar-refractivity contribution in [2.24, 2.45) is 0 Å². The quantitative estimate of drug-likeness (QED) is 0.500. The van der Waals surface area contributed by atoms with Crippen LogP contribution in [0, 0.1) is 12.7 Å². The number of alkyl halides is 2. The first-order chi connectivity index (χ1) is 15.7. The summed E-state index contributed by atoms with van der Waals surface area (Å²) in [6.07, 6.45) is -1.72. The molecule has 3 heterocycles. The van der Waals surface area contributed by atoms with Crippen LogP contribution in [0.5, 0.6) is 0 Å². The van der Waals surface area contributed by atoms with E-state index in [1.807, 2.05) is 4.90 Å². The molecule has 1 unspecified atom stereocenters. The smallest absolute Gasteiger partial charge is 0.404 e. The fourth-order valence-corrected chi connectivity index (χ4v) is 4.04. The van der Waals surface area contributed by atoms with Gasteiger partial charge in [-0.05, 0) is 26.3 Å². The van der Waals surface area contributed by atoms with E-state index in [0.717, 1.165) is 6.07 Å². The fraction of sp³-hybridized carbons (Fsp3) is 0.364. The van der Waals surface area contributed by atoms with Crippen LogP contribution in [0.15, 0.2) is 30.5 Å². The number of pyridine rings is 1. The number of aryl methyl sites for hydroxylation is 1. The molecule has 1 fully saturated rings. The zero-order chi connectivity index (χ0) is 23.7. The molecule has 2 atom stereocenters. The highest BCUT2D eigenvalue weighted by Gasteiger charge is 2.25. The second-order valence-electron chi connectivity index (χ2n) is 7.98. The maximum absolute atomic E-state index is 14.6. The van der Waals surface area contributed by atoms with E-state index in [1.165, 1.54) is 12.1 Å². The molecule has 174 valence electrons. The van der Waals surface area contributed by atoms with Gasteiger partial charge in [-0.1, -0.05) is 18.2 Å². The van der Waals surface area contributed by atoms with Crippen LogP contribution in [0.4, 0.5) is 29.6 Å². The van der Waals surface area contributed by atoms with E-state index in [1.54, 1.807) is 26.1 Å². The number of halogens is 3. The number of fused-ring (bicyclic) bond motifs is 1. The number of anilines is 2. The van der Waals surface area contributed by atoms with Crippen LogP contribution in [-0.2, 0) is 0 Å². The Morgan fingerprint density at radius 2 is 2.03 bits per heavy atom. The second kappa shape index (κ2) is 9.08. The average Bonchev–Trinajstić information content (AvgIpc) is 3.21. The number of benzene rings is 1. The normalized spacial score (nSPS) is 16.9. The van der Waals surface area contributed by atoms with Gasteiger partial charge in [0.2, 0.25) is 0 Å². The highest BCUT2D eigenvalue weighted by Crippen LogP contribution is 2.31. The topological polar surface area (TPSA) is 103 Å². The van der Waals surface area contributed by atoms with Crippen molar-refractivity contribution in [3.8, 4) is 0 Å². The van der Waals surface area contributed by atoms with Gasteiger partial charge < -0.3 is 20.6 Å². The summed E-state index contributed by atoms with van der Waals surface area (Å²) in [5.74, 6) is 0.584. The first-order valence-corrected chi connectivity index (χ1v) is 10.4. The summed E-state index contributed by atoms with van der Waals surface area (Å²) in [5, 5.41) is 15.2. The Kier molecular flexibility index (Phi) is 6.21. The van der Waals surface area contributed by atoms with E-state index < -0.39 is 29.9 Å². The first kappa shape index (κ1) is 22.6. The molecule has 1 aliphatic rings. The Hall–Kier alpha value is -3.63. The summed E-state index contributed by atoms with van der Waals surface area (Å²) in [4.78, 5) is 26.2. The van der Waals surface area contributed by atoms with Crippen LogP contribution in [0.25, 0.3) is 10.9 Å². The van der Waals surface area contributed by atoms with Gasteiger partial charge in [-0.25, -0.2) is 32.9 Å². The molecule has 1 aliphatic heterocycles. The van der Waals surface area contributed by atoms with Crippen LogP contribution in [0.1, 0.15) is 42.8 Å². The molecule has 3 N–H and O–H groups in total. The minimum atomic E-state index is -2.91. The molecule has 0 spiro atoms. The van der Waals surface area contributed by atoms with Gasteiger partial charge in [0.25, 0.3) is 6.43 Å². The van der Waals surface area contributed by atoms with E-state index in [-0.39, 0.29) is 11.6 Å². The molecule has 1 aromatic carbocycles. The van der Waals surface area contributed by atoms with Gasteiger partial charge in [-0.3, -0.25) is 0 Å². The van der Waals surface area contributed by atoms with Crippen molar-refractivity contribution >= 4 is 28.6 Å². The maximum Gasteiger partial charge on any atom is 0.404 e. The molecule has 1 saturated heterocycles. The molecule has 11 heteroatoms. The number of nitrogens with one attached hydrogen (secondary N) is 2. The summed E-state index contributed by atoms with van der Waals surface area (Å²) in [5.41, 5.74) is 0.0331. The van der Waals surface area contributed by atoms with Crippen molar-refractivity contribution in [2.45, 2.75) is 38.8 Å². The van der Waals surface area contributed by atoms with Gasteiger partial charge in [0.05, 0.1) is 29.4 Å². The second-order valence-corrected chi connectivity index (χ2v) is 7.98.